The molecule has 6 heteroatoms. The van der Waals surface area contributed by atoms with Crippen LogP contribution >= 0.6 is 15.9 Å². The van der Waals surface area contributed by atoms with Crippen LogP contribution in [0, 0.1) is 0 Å². The third-order valence-corrected chi connectivity index (χ3v) is 3.30. The molecule has 0 fully saturated rings. The fraction of sp³-hybridized carbons (Fsp3) is 0.143. The van der Waals surface area contributed by atoms with Gasteiger partial charge in [-0.3, -0.25) is 0 Å². The molecule has 20 heavy (non-hydrogen) atoms. The SMILES string of the molecule is Nc1ccccc1CNc1ccc(Br)cc1C(F)(F)F. The van der Waals surface area contributed by atoms with Gasteiger partial charge in [0.05, 0.1) is 5.56 Å². The second kappa shape index (κ2) is 5.75. The van der Waals surface area contributed by atoms with Crippen molar-refractivity contribution < 1.29 is 13.2 Å². The molecule has 2 aromatic rings. The monoisotopic (exact) mass is 344 g/mol. The number of rotatable bonds is 3. The van der Waals surface area contributed by atoms with Crippen LogP contribution in [0.2, 0.25) is 0 Å². The van der Waals surface area contributed by atoms with Crippen molar-refractivity contribution in [3.63, 3.8) is 0 Å². The zero-order chi connectivity index (χ0) is 14.8. The molecule has 0 saturated heterocycles. The summed E-state index contributed by atoms with van der Waals surface area (Å²) in [6, 6.07) is 11.1. The van der Waals surface area contributed by atoms with E-state index in [9.17, 15) is 13.2 Å². The van der Waals surface area contributed by atoms with E-state index in [2.05, 4.69) is 21.2 Å². The molecule has 3 N–H and O–H groups in total. The van der Waals surface area contributed by atoms with E-state index in [0.717, 1.165) is 11.6 Å². The van der Waals surface area contributed by atoms with Gasteiger partial charge in [-0.25, -0.2) is 0 Å². The molecule has 0 aliphatic heterocycles. The number of benzene rings is 2. The van der Waals surface area contributed by atoms with Crippen molar-refractivity contribution in [2.45, 2.75) is 12.7 Å². The van der Waals surface area contributed by atoms with Crippen molar-refractivity contribution in [3.05, 3.63) is 58.1 Å². The summed E-state index contributed by atoms with van der Waals surface area (Å²) in [6.45, 7) is 0.234. The smallest absolute Gasteiger partial charge is 0.398 e. The summed E-state index contributed by atoms with van der Waals surface area (Å²) in [5, 5.41) is 2.78. The maximum absolute atomic E-state index is 12.9. The standard InChI is InChI=1S/C14H12BrF3N2/c15-10-5-6-13(11(7-10)14(16,17)18)20-8-9-3-1-2-4-12(9)19/h1-7,20H,8,19H2. The molecule has 2 rings (SSSR count). The molecule has 2 aromatic carbocycles. The number of para-hydroxylation sites is 1. The maximum atomic E-state index is 12.9. The van der Waals surface area contributed by atoms with Gasteiger partial charge in [-0.2, -0.15) is 13.2 Å². The summed E-state index contributed by atoms with van der Waals surface area (Å²) in [5.41, 5.74) is 6.39. The Labute approximate surface area is 122 Å². The lowest BCUT2D eigenvalue weighted by Gasteiger charge is -2.15. The lowest BCUT2D eigenvalue weighted by molar-refractivity contribution is -0.137. The molecule has 106 valence electrons. The highest BCUT2D eigenvalue weighted by atomic mass is 79.9. The average molecular weight is 345 g/mol. The van der Waals surface area contributed by atoms with Gasteiger partial charge in [0.25, 0.3) is 0 Å². The van der Waals surface area contributed by atoms with Gasteiger partial charge in [-0.15, -0.1) is 0 Å². The highest BCUT2D eigenvalue weighted by molar-refractivity contribution is 9.10. The van der Waals surface area contributed by atoms with Gasteiger partial charge in [0.15, 0.2) is 0 Å². The predicted molar refractivity (Wildman–Crippen MR) is 77.3 cm³/mol. The largest absolute Gasteiger partial charge is 0.418 e. The summed E-state index contributed by atoms with van der Waals surface area (Å²) in [5.74, 6) is 0. The molecule has 0 heterocycles. The van der Waals surface area contributed by atoms with Crippen LogP contribution < -0.4 is 11.1 Å². The van der Waals surface area contributed by atoms with Gasteiger partial charge in [-0.05, 0) is 29.8 Å². The van der Waals surface area contributed by atoms with Crippen LogP contribution in [0.15, 0.2) is 46.9 Å². The zero-order valence-corrected chi connectivity index (χ0v) is 11.9. The topological polar surface area (TPSA) is 38.0 Å². The van der Waals surface area contributed by atoms with Crippen molar-refractivity contribution in [1.82, 2.24) is 0 Å². The zero-order valence-electron chi connectivity index (χ0n) is 10.3. The van der Waals surface area contributed by atoms with Gasteiger partial charge in [0.2, 0.25) is 0 Å². The van der Waals surface area contributed by atoms with E-state index in [1.807, 2.05) is 0 Å². The van der Waals surface area contributed by atoms with Crippen LogP contribution in [-0.2, 0) is 12.7 Å². The minimum atomic E-state index is -4.41. The molecule has 0 unspecified atom stereocenters. The lowest BCUT2D eigenvalue weighted by atomic mass is 10.1. The van der Waals surface area contributed by atoms with Crippen LogP contribution in [0.1, 0.15) is 11.1 Å². The van der Waals surface area contributed by atoms with E-state index in [-0.39, 0.29) is 12.2 Å². The van der Waals surface area contributed by atoms with E-state index in [1.54, 1.807) is 30.3 Å². The van der Waals surface area contributed by atoms with Crippen LogP contribution in [0.25, 0.3) is 0 Å². The minimum absolute atomic E-state index is 0.0314. The lowest BCUT2D eigenvalue weighted by Crippen LogP contribution is -2.11. The van der Waals surface area contributed by atoms with Crippen LogP contribution in [-0.4, -0.2) is 0 Å². The Kier molecular flexibility index (Phi) is 4.23. The number of halogens is 4. The first-order valence-electron chi connectivity index (χ1n) is 5.82. The molecule has 0 amide bonds. The molecule has 0 radical (unpaired) electrons. The Morgan fingerprint density at radius 1 is 1.10 bits per heavy atom. The molecular formula is C14H12BrF3N2. The van der Waals surface area contributed by atoms with Gasteiger partial charge in [0.1, 0.15) is 0 Å². The summed E-state index contributed by atoms with van der Waals surface area (Å²) >= 11 is 3.05. The summed E-state index contributed by atoms with van der Waals surface area (Å²) < 4.78 is 39.2. The van der Waals surface area contributed by atoms with Crippen molar-refractivity contribution in [2.24, 2.45) is 0 Å². The first kappa shape index (κ1) is 14.7. The number of hydrogen-bond acceptors (Lipinski definition) is 2. The molecular weight excluding hydrogens is 333 g/mol. The normalized spacial score (nSPS) is 11.4. The number of nitrogens with one attached hydrogen (secondary N) is 1. The Morgan fingerprint density at radius 3 is 2.45 bits per heavy atom. The molecule has 0 aromatic heterocycles. The second-order valence-electron chi connectivity index (χ2n) is 4.24. The molecule has 2 nitrogen and oxygen atoms in total. The van der Waals surface area contributed by atoms with Crippen molar-refractivity contribution in [2.75, 3.05) is 11.1 Å². The highest BCUT2D eigenvalue weighted by Gasteiger charge is 2.33. The van der Waals surface area contributed by atoms with Gasteiger partial charge in [0, 0.05) is 22.4 Å². The maximum Gasteiger partial charge on any atom is 0.418 e. The van der Waals surface area contributed by atoms with E-state index in [0.29, 0.717) is 10.2 Å². The second-order valence-corrected chi connectivity index (χ2v) is 5.16. The van der Waals surface area contributed by atoms with Crippen molar-refractivity contribution >= 4 is 27.3 Å². The molecule has 0 atom stereocenters. The van der Waals surface area contributed by atoms with Crippen molar-refractivity contribution in [1.29, 1.82) is 0 Å². The number of nitrogen functional groups attached to an aromatic ring is 1. The molecule has 0 aliphatic carbocycles. The predicted octanol–water partition coefficient (Wildman–Crippen LogP) is 4.66. The summed E-state index contributed by atoms with van der Waals surface area (Å²) in [4.78, 5) is 0. The van der Waals surface area contributed by atoms with E-state index in [1.165, 1.54) is 6.07 Å². The quantitative estimate of drug-likeness (QED) is 0.794. The van der Waals surface area contributed by atoms with E-state index >= 15 is 0 Å². The minimum Gasteiger partial charge on any atom is -0.398 e. The first-order chi connectivity index (χ1) is 9.38. The van der Waals surface area contributed by atoms with E-state index in [4.69, 9.17) is 5.73 Å². The van der Waals surface area contributed by atoms with Gasteiger partial charge < -0.3 is 11.1 Å². The van der Waals surface area contributed by atoms with Gasteiger partial charge >= 0.3 is 6.18 Å². The third kappa shape index (κ3) is 3.45. The van der Waals surface area contributed by atoms with Gasteiger partial charge in [-0.1, -0.05) is 34.1 Å². The Morgan fingerprint density at radius 2 is 1.80 bits per heavy atom. The summed E-state index contributed by atoms with van der Waals surface area (Å²) in [7, 11) is 0. The average Bonchev–Trinajstić information content (AvgIpc) is 2.38. The molecule has 0 bridgehead atoms. The van der Waals surface area contributed by atoms with Crippen LogP contribution in [0.3, 0.4) is 0 Å². The Bertz CT molecular complexity index is 612. The number of anilines is 2. The molecule has 0 saturated carbocycles. The third-order valence-electron chi connectivity index (χ3n) is 2.81. The Balaban J connectivity index is 2.24. The summed E-state index contributed by atoms with van der Waals surface area (Å²) in [6.07, 6.45) is -4.41. The van der Waals surface area contributed by atoms with Crippen LogP contribution in [0.5, 0.6) is 0 Å². The van der Waals surface area contributed by atoms with E-state index < -0.39 is 11.7 Å². The number of alkyl halides is 3. The first-order valence-corrected chi connectivity index (χ1v) is 6.61. The highest BCUT2D eigenvalue weighted by Crippen LogP contribution is 2.36. The van der Waals surface area contributed by atoms with Crippen molar-refractivity contribution in [3.8, 4) is 0 Å². The fourth-order valence-corrected chi connectivity index (χ4v) is 2.15. The number of nitrogens with two attached hydrogens (primary N) is 1. The molecule has 0 aliphatic rings. The number of hydrogen-bond donors (Lipinski definition) is 2. The van der Waals surface area contributed by atoms with Crippen LogP contribution in [0.4, 0.5) is 24.5 Å². The molecule has 0 spiro atoms. The Hall–Kier alpha value is -1.69. The fourth-order valence-electron chi connectivity index (χ4n) is 1.79.